The van der Waals surface area contributed by atoms with Crippen LogP contribution in [0.3, 0.4) is 0 Å². The van der Waals surface area contributed by atoms with E-state index in [1.807, 2.05) is 36.4 Å². The number of aromatic nitrogens is 1. The Bertz CT molecular complexity index is 751. The summed E-state index contributed by atoms with van der Waals surface area (Å²) in [7, 11) is -4.94. The number of benzene rings is 2. The Balaban J connectivity index is 0.000000282. The van der Waals surface area contributed by atoms with Crippen LogP contribution in [0.5, 0.6) is 0 Å². The van der Waals surface area contributed by atoms with Crippen LogP contribution in [0.15, 0.2) is 46.9 Å². The van der Waals surface area contributed by atoms with E-state index >= 15 is 0 Å². The van der Waals surface area contributed by atoms with Crippen molar-refractivity contribution in [1.29, 1.82) is 0 Å². The predicted molar refractivity (Wildman–Crippen MR) is 65.3 cm³/mol. The quantitative estimate of drug-likeness (QED) is 0.423. The van der Waals surface area contributed by atoms with Crippen LogP contribution in [-0.2, 0) is 6.42 Å². The number of aryl methyl sites for hydroxylation is 1. The number of hydrogen-bond donors (Lipinski definition) is 0. The highest BCUT2D eigenvalue weighted by Gasteiger charge is 2.14. The molecule has 3 aromatic rings. The molecule has 0 N–H and O–H groups in total. The highest BCUT2D eigenvalue weighted by molar-refractivity contribution is 5.84. The van der Waals surface area contributed by atoms with Gasteiger partial charge in [-0.25, -0.2) is 28.0 Å². The fourth-order valence-corrected chi connectivity index (χ4v) is 1.94. The molecule has 2 aromatic carbocycles. The van der Waals surface area contributed by atoms with Crippen molar-refractivity contribution in [3.05, 3.63) is 48.0 Å². The molecule has 3 rings (SSSR count). The SMILES string of the molecule is CCc1cccc2[o+]c3ccccc3nc12.[O-][Cl+3]([O-])([O-])[O-]. The molecule has 0 atom stereocenters. The Morgan fingerprint density at radius 2 is 1.57 bits per heavy atom. The largest absolute Gasteiger partial charge is 0.379 e. The fourth-order valence-electron chi connectivity index (χ4n) is 1.94. The molecule has 110 valence electrons. The van der Waals surface area contributed by atoms with Gasteiger partial charge in [0.1, 0.15) is 0 Å². The molecular weight excluding hydrogens is 298 g/mol. The average Bonchev–Trinajstić information content (AvgIpc) is 2.42. The van der Waals surface area contributed by atoms with Gasteiger partial charge in [0.2, 0.25) is 0 Å². The Morgan fingerprint density at radius 3 is 2.24 bits per heavy atom. The first-order valence-electron chi connectivity index (χ1n) is 6.10. The molecule has 0 saturated carbocycles. The van der Waals surface area contributed by atoms with Gasteiger partial charge in [0.15, 0.2) is 11.0 Å². The fraction of sp³-hybridized carbons (Fsp3) is 0.143. The van der Waals surface area contributed by atoms with Gasteiger partial charge in [-0.2, -0.15) is 0 Å². The molecule has 1 heterocycles. The maximum Gasteiger partial charge on any atom is 0.379 e. The summed E-state index contributed by atoms with van der Waals surface area (Å²) in [5.74, 6) is 0. The maximum atomic E-state index is 8.49. The third-order valence-corrected chi connectivity index (χ3v) is 2.78. The number of nitrogens with zero attached hydrogens (tertiary/aromatic N) is 1. The van der Waals surface area contributed by atoms with Crippen LogP contribution in [0.4, 0.5) is 0 Å². The van der Waals surface area contributed by atoms with Gasteiger partial charge < -0.3 is 0 Å². The van der Waals surface area contributed by atoms with Crippen LogP contribution in [0.2, 0.25) is 0 Å². The smallest absolute Gasteiger partial charge is 0.229 e. The summed E-state index contributed by atoms with van der Waals surface area (Å²) in [6.45, 7) is 2.13. The van der Waals surface area contributed by atoms with Gasteiger partial charge in [0.05, 0.1) is 0 Å². The van der Waals surface area contributed by atoms with Crippen molar-refractivity contribution < 1.29 is 33.3 Å². The Morgan fingerprint density at radius 1 is 0.952 bits per heavy atom. The van der Waals surface area contributed by atoms with E-state index in [9.17, 15) is 0 Å². The number of fused-ring (bicyclic) bond motifs is 2. The Labute approximate surface area is 122 Å². The highest BCUT2D eigenvalue weighted by atomic mass is 35.7. The van der Waals surface area contributed by atoms with Gasteiger partial charge in [0.25, 0.3) is 0 Å². The number of hydrogen-bond acceptors (Lipinski definition) is 5. The lowest BCUT2D eigenvalue weighted by Crippen LogP contribution is -2.68. The number of halogens is 1. The van der Waals surface area contributed by atoms with Gasteiger partial charge in [-0.1, -0.05) is 31.2 Å². The van der Waals surface area contributed by atoms with Crippen LogP contribution in [0.25, 0.3) is 22.2 Å². The molecule has 0 aliphatic heterocycles. The molecule has 6 nitrogen and oxygen atoms in total. The Kier molecular flexibility index (Phi) is 4.66. The molecule has 7 heteroatoms. The molecule has 0 aliphatic rings. The molecule has 0 bridgehead atoms. The molecule has 0 aliphatic carbocycles. The Hall–Kier alpha value is -1.83. The molecule has 0 amide bonds. The van der Waals surface area contributed by atoms with Crippen molar-refractivity contribution in [2.75, 3.05) is 0 Å². The van der Waals surface area contributed by atoms with Crippen LogP contribution in [0, 0.1) is 10.2 Å². The van der Waals surface area contributed by atoms with E-state index in [1.54, 1.807) is 0 Å². The molecule has 21 heavy (non-hydrogen) atoms. The zero-order valence-corrected chi connectivity index (χ0v) is 11.9. The van der Waals surface area contributed by atoms with Crippen molar-refractivity contribution in [3.63, 3.8) is 0 Å². The summed E-state index contributed by atoms with van der Waals surface area (Å²) in [5, 5.41) is 0. The number of rotatable bonds is 1. The normalized spacial score (nSPS) is 11.3. The van der Waals surface area contributed by atoms with Crippen molar-refractivity contribution in [2.24, 2.45) is 0 Å². The summed E-state index contributed by atoms with van der Waals surface area (Å²) in [5.41, 5.74) is 4.81. The van der Waals surface area contributed by atoms with Gasteiger partial charge in [-0.3, -0.25) is 0 Å². The third kappa shape index (κ3) is 4.32. The molecular formula is C14H12ClNO5. The van der Waals surface area contributed by atoms with Crippen molar-refractivity contribution in [2.45, 2.75) is 13.3 Å². The topological polar surface area (TPSA) is 116 Å². The summed E-state index contributed by atoms with van der Waals surface area (Å²) in [6, 6.07) is 13.9. The van der Waals surface area contributed by atoms with E-state index in [0.29, 0.717) is 0 Å². The lowest BCUT2D eigenvalue weighted by molar-refractivity contribution is -2.00. The highest BCUT2D eigenvalue weighted by Crippen LogP contribution is 2.22. The predicted octanol–water partition coefficient (Wildman–Crippen LogP) is -0.931. The summed E-state index contributed by atoms with van der Waals surface area (Å²) >= 11 is 0. The second-order valence-corrected chi connectivity index (χ2v) is 4.93. The zero-order valence-electron chi connectivity index (χ0n) is 11.1. The lowest BCUT2D eigenvalue weighted by Gasteiger charge is -2.17. The summed E-state index contributed by atoms with van der Waals surface area (Å²) in [6.07, 6.45) is 0.970. The first kappa shape index (κ1) is 15.6. The van der Waals surface area contributed by atoms with Gasteiger partial charge in [0, 0.05) is 12.1 Å². The lowest BCUT2D eigenvalue weighted by atomic mass is 10.1. The van der Waals surface area contributed by atoms with E-state index in [1.165, 1.54) is 5.56 Å². The zero-order chi connectivity index (χ0) is 15.5. The molecule has 0 fully saturated rings. The second-order valence-electron chi connectivity index (χ2n) is 4.18. The van der Waals surface area contributed by atoms with Crippen molar-refractivity contribution in [1.82, 2.24) is 4.98 Å². The van der Waals surface area contributed by atoms with Crippen molar-refractivity contribution >= 4 is 22.2 Å². The molecule has 0 saturated heterocycles. The van der Waals surface area contributed by atoms with E-state index in [-0.39, 0.29) is 0 Å². The minimum atomic E-state index is -4.94. The third-order valence-electron chi connectivity index (χ3n) is 2.78. The monoisotopic (exact) mass is 309 g/mol. The minimum Gasteiger partial charge on any atom is -0.229 e. The van der Waals surface area contributed by atoms with E-state index in [2.05, 4.69) is 18.0 Å². The van der Waals surface area contributed by atoms with Gasteiger partial charge in [-0.05, 0) is 18.1 Å². The molecule has 1 aromatic heterocycles. The van der Waals surface area contributed by atoms with Crippen LogP contribution < -0.4 is 18.6 Å². The first-order valence-corrected chi connectivity index (χ1v) is 7.34. The second kappa shape index (κ2) is 6.30. The number of para-hydroxylation sites is 3. The van der Waals surface area contributed by atoms with E-state index in [0.717, 1.165) is 28.6 Å². The summed E-state index contributed by atoms with van der Waals surface area (Å²) in [4.78, 5) is 4.65. The molecule has 0 radical (unpaired) electrons. The van der Waals surface area contributed by atoms with Crippen molar-refractivity contribution in [3.8, 4) is 0 Å². The van der Waals surface area contributed by atoms with E-state index in [4.69, 9.17) is 23.1 Å². The first-order chi connectivity index (χ1) is 9.88. The molecule has 0 unspecified atom stereocenters. The van der Waals surface area contributed by atoms with Crippen LogP contribution in [-0.4, -0.2) is 4.98 Å². The van der Waals surface area contributed by atoms with Gasteiger partial charge in [-0.15, -0.1) is 10.2 Å². The maximum absolute atomic E-state index is 8.49. The van der Waals surface area contributed by atoms with Crippen LogP contribution in [0.1, 0.15) is 12.5 Å². The molecule has 0 spiro atoms. The van der Waals surface area contributed by atoms with Gasteiger partial charge >= 0.3 is 11.2 Å². The summed E-state index contributed by atoms with van der Waals surface area (Å²) < 4.78 is 39.8. The van der Waals surface area contributed by atoms with Crippen LogP contribution >= 0.6 is 0 Å². The average molecular weight is 310 g/mol. The minimum absolute atomic E-state index is 0.836. The standard InChI is InChI=1S/C14H12NO.ClHO4/c1-2-10-6-5-9-13-14(10)15-11-7-3-4-8-12(11)16-13;2-1(3,4)5/h3-9H,2H2,1H3;(H,2,3,4,5)/q+1;/p-1. The van der Waals surface area contributed by atoms with E-state index < -0.39 is 10.2 Å².